The van der Waals surface area contributed by atoms with Crippen molar-refractivity contribution in [2.45, 2.75) is 26.6 Å². The lowest BCUT2D eigenvalue weighted by Crippen LogP contribution is -2.41. The van der Waals surface area contributed by atoms with Gasteiger partial charge in [-0.25, -0.2) is 4.98 Å². The lowest BCUT2D eigenvalue weighted by Gasteiger charge is -2.23. The maximum absolute atomic E-state index is 12.1. The second-order valence-corrected chi connectivity index (χ2v) is 6.39. The summed E-state index contributed by atoms with van der Waals surface area (Å²) in [5, 5.41) is 3.94. The Morgan fingerprint density at radius 2 is 2.33 bits per heavy atom. The van der Waals surface area contributed by atoms with Crippen LogP contribution in [-0.2, 0) is 16.1 Å². The number of hydrogen-bond acceptors (Lipinski definition) is 6. The highest BCUT2D eigenvalue weighted by Crippen LogP contribution is 2.25. The largest absolute Gasteiger partial charge is 0.373 e. The van der Waals surface area contributed by atoms with Gasteiger partial charge < -0.3 is 19.8 Å². The molecule has 1 atom stereocenters. The molecule has 0 saturated carbocycles. The first kappa shape index (κ1) is 14.6. The summed E-state index contributed by atoms with van der Waals surface area (Å²) in [6, 6.07) is 0. The van der Waals surface area contributed by atoms with Gasteiger partial charge in [0.1, 0.15) is 17.3 Å². The third-order valence-electron chi connectivity index (χ3n) is 3.64. The molecule has 0 bridgehead atoms. The van der Waals surface area contributed by atoms with Crippen molar-refractivity contribution in [2.75, 3.05) is 26.3 Å². The zero-order chi connectivity index (χ0) is 14.8. The molecule has 0 spiro atoms. The fourth-order valence-corrected chi connectivity index (χ4v) is 3.43. The molecule has 2 N–H and O–H groups in total. The molecule has 114 valence electrons. The van der Waals surface area contributed by atoms with Gasteiger partial charge in [-0.2, -0.15) is 0 Å². The monoisotopic (exact) mass is 309 g/mol. The first-order valence-electron chi connectivity index (χ1n) is 7.04. The Morgan fingerprint density at radius 3 is 3.10 bits per heavy atom. The zero-order valence-electron chi connectivity index (χ0n) is 12.2. The van der Waals surface area contributed by atoms with Gasteiger partial charge in [0.15, 0.2) is 0 Å². The van der Waals surface area contributed by atoms with E-state index in [0.717, 1.165) is 28.4 Å². The van der Waals surface area contributed by atoms with Crippen LogP contribution >= 0.6 is 11.3 Å². The Morgan fingerprint density at radius 1 is 1.48 bits per heavy atom. The number of aromatic amines is 1. The molecule has 1 unspecified atom stereocenters. The first-order valence-corrected chi connectivity index (χ1v) is 7.85. The fraction of sp³-hybridized carbons (Fsp3) is 0.571. The summed E-state index contributed by atoms with van der Waals surface area (Å²) in [5.41, 5.74) is 0.925. The maximum atomic E-state index is 12.1. The van der Waals surface area contributed by atoms with E-state index in [-0.39, 0.29) is 11.7 Å². The number of nitrogens with zero attached hydrogens (tertiary/aromatic N) is 1. The minimum absolute atomic E-state index is 0.0698. The molecule has 2 aromatic rings. The van der Waals surface area contributed by atoms with Crippen molar-refractivity contribution in [3.63, 3.8) is 0 Å². The van der Waals surface area contributed by atoms with E-state index < -0.39 is 0 Å². The van der Waals surface area contributed by atoms with E-state index in [2.05, 4.69) is 15.3 Å². The van der Waals surface area contributed by atoms with Crippen molar-refractivity contribution in [3.05, 3.63) is 26.6 Å². The highest BCUT2D eigenvalue weighted by atomic mass is 32.1. The Bertz CT molecular complexity index is 689. The van der Waals surface area contributed by atoms with Crippen molar-refractivity contribution in [3.8, 4) is 0 Å². The quantitative estimate of drug-likeness (QED) is 0.885. The SMILES string of the molecule is Cc1sc2nc(COCC3CNCCO3)[nH]c(=O)c2c1C. The van der Waals surface area contributed by atoms with Crippen molar-refractivity contribution >= 4 is 21.6 Å². The van der Waals surface area contributed by atoms with Crippen LogP contribution in [0.5, 0.6) is 0 Å². The predicted molar refractivity (Wildman–Crippen MR) is 82.0 cm³/mol. The minimum Gasteiger partial charge on any atom is -0.373 e. The number of ether oxygens (including phenoxy) is 2. The minimum atomic E-state index is -0.0870. The number of nitrogens with one attached hydrogen (secondary N) is 2. The third kappa shape index (κ3) is 3.16. The molecule has 0 aliphatic carbocycles. The van der Waals surface area contributed by atoms with Gasteiger partial charge in [0.2, 0.25) is 0 Å². The molecule has 0 radical (unpaired) electrons. The van der Waals surface area contributed by atoms with Crippen LogP contribution in [0.15, 0.2) is 4.79 Å². The van der Waals surface area contributed by atoms with Crippen molar-refractivity contribution in [1.29, 1.82) is 0 Å². The van der Waals surface area contributed by atoms with E-state index in [1.807, 2.05) is 13.8 Å². The molecule has 1 aliphatic rings. The molecule has 1 aliphatic heterocycles. The Hall–Kier alpha value is -1.28. The number of morpholine rings is 1. The van der Waals surface area contributed by atoms with Crippen molar-refractivity contribution in [2.24, 2.45) is 0 Å². The lowest BCUT2D eigenvalue weighted by atomic mass is 10.2. The molecule has 0 aromatic carbocycles. The molecule has 2 aromatic heterocycles. The second-order valence-electron chi connectivity index (χ2n) is 5.19. The Labute approximate surface area is 126 Å². The number of H-pyrrole nitrogens is 1. The van der Waals surface area contributed by atoms with Gasteiger partial charge in [0.05, 0.1) is 24.7 Å². The molecular weight excluding hydrogens is 290 g/mol. The summed E-state index contributed by atoms with van der Waals surface area (Å²) in [4.78, 5) is 21.3. The third-order valence-corrected chi connectivity index (χ3v) is 4.74. The number of aromatic nitrogens is 2. The van der Waals surface area contributed by atoms with E-state index in [4.69, 9.17) is 9.47 Å². The van der Waals surface area contributed by atoms with E-state index in [0.29, 0.717) is 31.0 Å². The summed E-state index contributed by atoms with van der Waals surface area (Å²) in [5.74, 6) is 0.567. The van der Waals surface area contributed by atoms with Crippen LogP contribution in [0.2, 0.25) is 0 Å². The molecular formula is C14H19N3O3S. The molecule has 3 heterocycles. The van der Waals surface area contributed by atoms with Crippen LogP contribution in [0.1, 0.15) is 16.3 Å². The molecule has 3 rings (SSSR count). The Balaban J connectivity index is 1.68. The van der Waals surface area contributed by atoms with Gasteiger partial charge in [-0.15, -0.1) is 11.3 Å². The van der Waals surface area contributed by atoms with E-state index in [9.17, 15) is 4.79 Å². The average molecular weight is 309 g/mol. The zero-order valence-corrected chi connectivity index (χ0v) is 13.0. The van der Waals surface area contributed by atoms with Crippen LogP contribution in [0.25, 0.3) is 10.2 Å². The van der Waals surface area contributed by atoms with Gasteiger partial charge >= 0.3 is 0 Å². The molecule has 0 amide bonds. The number of hydrogen-bond donors (Lipinski definition) is 2. The van der Waals surface area contributed by atoms with Crippen molar-refractivity contribution < 1.29 is 9.47 Å². The summed E-state index contributed by atoms with van der Waals surface area (Å²) in [6.45, 7) is 7.14. The molecule has 1 saturated heterocycles. The molecule has 1 fully saturated rings. The van der Waals surface area contributed by atoms with Crippen LogP contribution in [0, 0.1) is 13.8 Å². The first-order chi connectivity index (χ1) is 10.1. The average Bonchev–Trinajstić information content (AvgIpc) is 2.75. The van der Waals surface area contributed by atoms with Gasteiger partial charge in [-0.05, 0) is 19.4 Å². The van der Waals surface area contributed by atoms with Crippen LogP contribution in [0.4, 0.5) is 0 Å². The number of thiophene rings is 1. The van der Waals surface area contributed by atoms with Gasteiger partial charge in [-0.3, -0.25) is 4.79 Å². The summed E-state index contributed by atoms with van der Waals surface area (Å²) < 4.78 is 11.2. The number of rotatable bonds is 4. The number of fused-ring (bicyclic) bond motifs is 1. The molecule has 7 heteroatoms. The topological polar surface area (TPSA) is 76.2 Å². The normalized spacial score (nSPS) is 19.2. The smallest absolute Gasteiger partial charge is 0.259 e. The van der Waals surface area contributed by atoms with Crippen molar-refractivity contribution in [1.82, 2.24) is 15.3 Å². The number of aryl methyl sites for hydroxylation is 2. The van der Waals surface area contributed by atoms with Gasteiger partial charge in [0.25, 0.3) is 5.56 Å². The molecule has 6 nitrogen and oxygen atoms in total. The maximum Gasteiger partial charge on any atom is 0.259 e. The van der Waals surface area contributed by atoms with Crippen LogP contribution in [-0.4, -0.2) is 42.4 Å². The van der Waals surface area contributed by atoms with Crippen LogP contribution < -0.4 is 10.9 Å². The van der Waals surface area contributed by atoms with Crippen LogP contribution in [0.3, 0.4) is 0 Å². The summed E-state index contributed by atoms with van der Waals surface area (Å²) in [7, 11) is 0. The van der Waals surface area contributed by atoms with Gasteiger partial charge in [-0.1, -0.05) is 0 Å². The standard InChI is InChI=1S/C14H19N3O3S/c1-8-9(2)21-14-12(8)13(18)16-11(17-14)7-19-6-10-5-15-3-4-20-10/h10,15H,3-7H2,1-2H3,(H,16,17,18). The highest BCUT2D eigenvalue weighted by Gasteiger charge is 2.15. The second kappa shape index (κ2) is 6.23. The predicted octanol–water partition coefficient (Wildman–Crippen LogP) is 1.11. The summed E-state index contributed by atoms with van der Waals surface area (Å²) >= 11 is 1.55. The van der Waals surface area contributed by atoms with E-state index >= 15 is 0 Å². The van der Waals surface area contributed by atoms with E-state index in [1.165, 1.54) is 0 Å². The fourth-order valence-electron chi connectivity index (χ4n) is 2.38. The lowest BCUT2D eigenvalue weighted by molar-refractivity contribution is -0.0368. The van der Waals surface area contributed by atoms with E-state index in [1.54, 1.807) is 11.3 Å². The summed E-state index contributed by atoms with van der Waals surface area (Å²) in [6.07, 6.45) is 0.0698. The molecule has 21 heavy (non-hydrogen) atoms. The van der Waals surface area contributed by atoms with Gasteiger partial charge in [0, 0.05) is 18.0 Å². The highest BCUT2D eigenvalue weighted by molar-refractivity contribution is 7.18. The Kier molecular flexibility index (Phi) is 4.34.